The van der Waals surface area contributed by atoms with Gasteiger partial charge in [-0.1, -0.05) is 41.2 Å². The van der Waals surface area contributed by atoms with Gasteiger partial charge in [0.05, 0.1) is 15.1 Å². The summed E-state index contributed by atoms with van der Waals surface area (Å²) < 4.78 is 29.5. The molecule has 3 aromatic rings. The molecule has 0 aliphatic rings. The molecule has 0 radical (unpaired) electrons. The lowest BCUT2D eigenvalue weighted by atomic mass is 10.1. The molecule has 3 rings (SSSR count). The zero-order chi connectivity index (χ0) is 18.4. The number of thiazole rings is 1. The number of hydrogen-bond donors (Lipinski definition) is 0. The fraction of sp³-hybridized carbons (Fsp3) is 0.278. The highest BCUT2D eigenvalue weighted by molar-refractivity contribution is 7.89. The Hall–Kier alpha value is -1.96. The van der Waals surface area contributed by atoms with Crippen molar-refractivity contribution in [2.24, 2.45) is 7.05 Å². The Balaban J connectivity index is 2.00. The summed E-state index contributed by atoms with van der Waals surface area (Å²) >= 11 is 1.05. The highest BCUT2D eigenvalue weighted by Gasteiger charge is 2.27. The topological polar surface area (TPSA) is 59.4 Å². The van der Waals surface area contributed by atoms with Crippen LogP contribution in [0.1, 0.15) is 24.1 Å². The Kier molecular flexibility index (Phi) is 4.57. The largest absolute Gasteiger partial charge is 0.307 e. The van der Waals surface area contributed by atoms with Gasteiger partial charge in [0.2, 0.25) is 10.0 Å². The first-order chi connectivity index (χ1) is 11.7. The molecule has 1 atom stereocenters. The minimum Gasteiger partial charge on any atom is -0.302 e. The Morgan fingerprint density at radius 2 is 1.76 bits per heavy atom. The average Bonchev–Trinajstić information content (AvgIpc) is 2.88. The second-order valence-corrected chi connectivity index (χ2v) is 9.16. The van der Waals surface area contributed by atoms with Gasteiger partial charge in [-0.15, -0.1) is 0 Å². The molecule has 1 aromatic heterocycles. The van der Waals surface area contributed by atoms with Crippen LogP contribution in [0.4, 0.5) is 0 Å². The molecule has 132 valence electrons. The van der Waals surface area contributed by atoms with Gasteiger partial charge in [-0.2, -0.15) is 4.31 Å². The fourth-order valence-electron chi connectivity index (χ4n) is 2.70. The summed E-state index contributed by atoms with van der Waals surface area (Å²) in [5.41, 5.74) is 2.80. The molecule has 0 bridgehead atoms. The molecular weight excluding hydrogens is 356 g/mol. The van der Waals surface area contributed by atoms with Crippen molar-refractivity contribution in [1.82, 2.24) is 8.87 Å². The predicted octanol–water partition coefficient (Wildman–Crippen LogP) is 3.29. The van der Waals surface area contributed by atoms with Crippen molar-refractivity contribution in [2.45, 2.75) is 24.8 Å². The van der Waals surface area contributed by atoms with Gasteiger partial charge in [0.25, 0.3) is 0 Å². The lowest BCUT2D eigenvalue weighted by Crippen LogP contribution is -2.29. The maximum Gasteiger partial charge on any atom is 0.307 e. The van der Waals surface area contributed by atoms with E-state index < -0.39 is 10.0 Å². The molecule has 0 aliphatic heterocycles. The van der Waals surface area contributed by atoms with Gasteiger partial charge in [0.15, 0.2) is 0 Å². The van der Waals surface area contributed by atoms with Gasteiger partial charge in [-0.25, -0.2) is 8.42 Å². The van der Waals surface area contributed by atoms with Crippen molar-refractivity contribution in [3.63, 3.8) is 0 Å². The molecule has 1 unspecified atom stereocenters. The van der Waals surface area contributed by atoms with Crippen LogP contribution in [0.5, 0.6) is 0 Å². The highest BCUT2D eigenvalue weighted by atomic mass is 32.2. The molecule has 0 spiro atoms. The van der Waals surface area contributed by atoms with Crippen LogP contribution in [0.25, 0.3) is 10.2 Å². The van der Waals surface area contributed by atoms with E-state index in [1.165, 1.54) is 8.87 Å². The number of rotatable bonds is 4. The number of aromatic nitrogens is 1. The second-order valence-electron chi connectivity index (χ2n) is 6.16. The van der Waals surface area contributed by atoms with Gasteiger partial charge in [-0.05, 0) is 37.6 Å². The third-order valence-electron chi connectivity index (χ3n) is 4.55. The summed E-state index contributed by atoms with van der Waals surface area (Å²) in [4.78, 5) is 11.9. The quantitative estimate of drug-likeness (QED) is 0.702. The molecule has 0 saturated heterocycles. The van der Waals surface area contributed by atoms with Gasteiger partial charge >= 0.3 is 4.87 Å². The van der Waals surface area contributed by atoms with Crippen LogP contribution in [0.2, 0.25) is 0 Å². The van der Waals surface area contributed by atoms with E-state index in [4.69, 9.17) is 0 Å². The molecule has 5 nitrogen and oxygen atoms in total. The molecule has 2 aromatic carbocycles. The van der Waals surface area contributed by atoms with Crippen molar-refractivity contribution < 1.29 is 8.42 Å². The molecule has 0 aliphatic carbocycles. The first-order valence-electron chi connectivity index (χ1n) is 7.86. The first-order valence-corrected chi connectivity index (χ1v) is 10.1. The number of sulfonamides is 1. The summed E-state index contributed by atoms with van der Waals surface area (Å²) in [6.45, 7) is 3.86. The number of fused-ring (bicyclic) bond motifs is 1. The predicted molar refractivity (Wildman–Crippen MR) is 102 cm³/mol. The normalized spacial score (nSPS) is 13.5. The lowest BCUT2D eigenvalue weighted by molar-refractivity contribution is 0.398. The van der Waals surface area contributed by atoms with Crippen molar-refractivity contribution in [1.29, 1.82) is 0 Å². The minimum atomic E-state index is -3.66. The molecule has 0 N–H and O–H groups in total. The van der Waals surface area contributed by atoms with Crippen LogP contribution >= 0.6 is 11.3 Å². The van der Waals surface area contributed by atoms with Crippen LogP contribution < -0.4 is 4.87 Å². The minimum absolute atomic E-state index is 0.106. The van der Waals surface area contributed by atoms with Crippen molar-refractivity contribution in [3.05, 3.63) is 63.3 Å². The summed E-state index contributed by atoms with van der Waals surface area (Å²) in [7, 11) is -0.401. The molecule has 7 heteroatoms. The van der Waals surface area contributed by atoms with E-state index in [9.17, 15) is 13.2 Å². The van der Waals surface area contributed by atoms with Gasteiger partial charge < -0.3 is 4.57 Å². The standard InChI is InChI=1S/C18H20N2O3S2/c1-12-5-7-14(8-6-12)13(2)20(4)25(22,23)15-9-10-16-17(11-15)24-18(21)19(16)3/h5-11,13H,1-4H3. The Labute approximate surface area is 151 Å². The van der Waals surface area contributed by atoms with Crippen molar-refractivity contribution in [2.75, 3.05) is 7.05 Å². The number of aryl methyl sites for hydroxylation is 2. The number of nitrogens with zero attached hydrogens (tertiary/aromatic N) is 2. The van der Waals surface area contributed by atoms with Crippen LogP contribution in [0.3, 0.4) is 0 Å². The molecule has 25 heavy (non-hydrogen) atoms. The Morgan fingerprint density at radius 1 is 1.12 bits per heavy atom. The fourth-order valence-corrected chi connectivity index (χ4v) is 5.07. The zero-order valence-electron chi connectivity index (χ0n) is 14.6. The Bertz CT molecular complexity index is 1080. The SMILES string of the molecule is Cc1ccc(C(C)N(C)S(=O)(=O)c2ccc3c(c2)sc(=O)n3C)cc1. The Morgan fingerprint density at radius 3 is 2.40 bits per heavy atom. The van der Waals surface area contributed by atoms with Crippen LogP contribution in [0, 0.1) is 6.92 Å². The smallest absolute Gasteiger partial charge is 0.302 e. The highest BCUT2D eigenvalue weighted by Crippen LogP contribution is 2.28. The van der Waals surface area contributed by atoms with E-state index in [-0.39, 0.29) is 15.8 Å². The van der Waals surface area contributed by atoms with Crippen LogP contribution in [0.15, 0.2) is 52.2 Å². The van der Waals surface area contributed by atoms with Crippen LogP contribution in [-0.2, 0) is 17.1 Å². The van der Waals surface area contributed by atoms with Gasteiger partial charge in [-0.3, -0.25) is 4.79 Å². The molecule has 0 amide bonds. The maximum absolute atomic E-state index is 13.0. The molecular formula is C18H20N2O3S2. The van der Waals surface area contributed by atoms with Crippen molar-refractivity contribution in [3.8, 4) is 0 Å². The summed E-state index contributed by atoms with van der Waals surface area (Å²) in [6, 6.07) is 12.4. The van der Waals surface area contributed by atoms with E-state index in [1.54, 1.807) is 32.3 Å². The molecule has 1 heterocycles. The third-order valence-corrected chi connectivity index (χ3v) is 7.47. The number of hydrogen-bond acceptors (Lipinski definition) is 4. The van der Waals surface area contributed by atoms with Gasteiger partial charge in [0.1, 0.15) is 0 Å². The zero-order valence-corrected chi connectivity index (χ0v) is 16.2. The third kappa shape index (κ3) is 3.15. The maximum atomic E-state index is 13.0. The van der Waals surface area contributed by atoms with Gasteiger partial charge in [0, 0.05) is 20.1 Å². The van der Waals surface area contributed by atoms with E-state index >= 15 is 0 Å². The summed E-state index contributed by atoms with van der Waals surface area (Å²) in [5.74, 6) is 0. The molecule has 0 fully saturated rings. The van der Waals surface area contributed by atoms with E-state index in [2.05, 4.69) is 0 Å². The van der Waals surface area contributed by atoms with E-state index in [0.717, 1.165) is 28.0 Å². The van der Waals surface area contributed by atoms with E-state index in [0.29, 0.717) is 4.70 Å². The second kappa shape index (κ2) is 6.40. The summed E-state index contributed by atoms with van der Waals surface area (Å²) in [6.07, 6.45) is 0. The molecule has 0 saturated carbocycles. The monoisotopic (exact) mass is 376 g/mol. The van der Waals surface area contributed by atoms with E-state index in [1.807, 2.05) is 38.1 Å². The summed E-state index contributed by atoms with van der Waals surface area (Å²) in [5, 5.41) is 0. The average molecular weight is 377 g/mol. The van der Waals surface area contributed by atoms with Crippen LogP contribution in [-0.4, -0.2) is 24.3 Å². The lowest BCUT2D eigenvalue weighted by Gasteiger charge is -2.25. The number of benzene rings is 2. The van der Waals surface area contributed by atoms with Crippen molar-refractivity contribution >= 4 is 31.6 Å². The first kappa shape index (κ1) is 17.8.